The van der Waals surface area contributed by atoms with Crippen molar-refractivity contribution in [3.8, 4) is 5.75 Å². The standard InChI is InChI=1S/C14H18N4O4/c1-14(2,3)13-17-11(22-18-13)7-16-12(20)8-5-9(19)10(21-4)6-15-8/h5-6H,7H2,1-4H3,(H,15,19)(H,16,20). The van der Waals surface area contributed by atoms with E-state index in [-0.39, 0.29) is 28.8 Å². The van der Waals surface area contributed by atoms with E-state index in [0.29, 0.717) is 11.7 Å². The van der Waals surface area contributed by atoms with Crippen molar-refractivity contribution in [3.63, 3.8) is 0 Å². The Morgan fingerprint density at radius 1 is 1.45 bits per heavy atom. The molecule has 8 heteroatoms. The molecule has 0 fully saturated rings. The first-order valence-electron chi connectivity index (χ1n) is 6.69. The summed E-state index contributed by atoms with van der Waals surface area (Å²) in [7, 11) is 1.38. The molecule has 1 amide bonds. The molecule has 118 valence electrons. The van der Waals surface area contributed by atoms with E-state index in [1.165, 1.54) is 19.4 Å². The minimum Gasteiger partial charge on any atom is -0.491 e. The van der Waals surface area contributed by atoms with Gasteiger partial charge in [-0.25, -0.2) is 0 Å². The Morgan fingerprint density at radius 2 is 2.18 bits per heavy atom. The number of carbonyl (C=O) groups excluding carboxylic acids is 1. The zero-order valence-electron chi connectivity index (χ0n) is 12.9. The van der Waals surface area contributed by atoms with E-state index in [1.807, 2.05) is 20.8 Å². The van der Waals surface area contributed by atoms with Crippen molar-refractivity contribution < 1.29 is 14.1 Å². The van der Waals surface area contributed by atoms with Crippen LogP contribution in [0.4, 0.5) is 0 Å². The molecule has 2 N–H and O–H groups in total. The third-order valence-corrected chi connectivity index (χ3v) is 2.88. The number of carbonyl (C=O) groups is 1. The van der Waals surface area contributed by atoms with Gasteiger partial charge in [0.15, 0.2) is 11.6 Å². The number of amides is 1. The summed E-state index contributed by atoms with van der Waals surface area (Å²) >= 11 is 0. The summed E-state index contributed by atoms with van der Waals surface area (Å²) in [6.45, 7) is 5.96. The van der Waals surface area contributed by atoms with Crippen molar-refractivity contribution in [2.75, 3.05) is 7.11 Å². The Labute approximate surface area is 126 Å². The fraction of sp³-hybridized carbons (Fsp3) is 0.429. The summed E-state index contributed by atoms with van der Waals surface area (Å²) in [4.78, 5) is 30.5. The number of nitrogens with zero attached hydrogens (tertiary/aromatic N) is 2. The van der Waals surface area contributed by atoms with E-state index in [2.05, 4.69) is 20.4 Å². The molecule has 0 aliphatic heterocycles. The van der Waals surface area contributed by atoms with Crippen molar-refractivity contribution in [2.45, 2.75) is 32.7 Å². The van der Waals surface area contributed by atoms with Crippen LogP contribution >= 0.6 is 0 Å². The van der Waals surface area contributed by atoms with Crippen LogP contribution in [0.5, 0.6) is 5.75 Å². The fourth-order valence-corrected chi connectivity index (χ4v) is 1.63. The molecule has 0 bridgehead atoms. The quantitative estimate of drug-likeness (QED) is 0.871. The minimum absolute atomic E-state index is 0.0793. The number of nitrogens with one attached hydrogen (secondary N) is 2. The van der Waals surface area contributed by atoms with Gasteiger partial charge < -0.3 is 19.6 Å². The van der Waals surface area contributed by atoms with E-state index >= 15 is 0 Å². The topological polar surface area (TPSA) is 110 Å². The number of aromatic nitrogens is 3. The molecule has 0 saturated carbocycles. The Kier molecular flexibility index (Phi) is 4.30. The molecule has 2 aromatic rings. The van der Waals surface area contributed by atoms with Crippen LogP contribution in [0.3, 0.4) is 0 Å². The van der Waals surface area contributed by atoms with Crippen molar-refractivity contribution in [1.82, 2.24) is 20.4 Å². The molecule has 22 heavy (non-hydrogen) atoms. The molecule has 2 aromatic heterocycles. The maximum atomic E-state index is 12.0. The lowest BCUT2D eigenvalue weighted by atomic mass is 9.96. The van der Waals surface area contributed by atoms with Crippen LogP contribution in [0.25, 0.3) is 0 Å². The summed E-state index contributed by atoms with van der Waals surface area (Å²) in [5.41, 5.74) is -0.479. The molecule has 2 heterocycles. The zero-order chi connectivity index (χ0) is 16.3. The number of hydrogen-bond acceptors (Lipinski definition) is 6. The van der Waals surface area contributed by atoms with Crippen LogP contribution in [0.1, 0.15) is 43.0 Å². The first kappa shape index (κ1) is 15.7. The highest BCUT2D eigenvalue weighted by Crippen LogP contribution is 2.18. The van der Waals surface area contributed by atoms with E-state index in [1.54, 1.807) is 0 Å². The van der Waals surface area contributed by atoms with Gasteiger partial charge in [0.05, 0.1) is 13.7 Å². The molecule has 0 spiro atoms. The van der Waals surface area contributed by atoms with Crippen molar-refractivity contribution in [1.29, 1.82) is 0 Å². The molecule has 0 unspecified atom stereocenters. The summed E-state index contributed by atoms with van der Waals surface area (Å²) < 4.78 is 9.90. The second-order valence-electron chi connectivity index (χ2n) is 5.72. The van der Waals surface area contributed by atoms with Gasteiger partial charge in [0.2, 0.25) is 11.3 Å². The summed E-state index contributed by atoms with van der Waals surface area (Å²) in [6, 6.07) is 1.17. The Morgan fingerprint density at radius 3 is 2.73 bits per heavy atom. The van der Waals surface area contributed by atoms with Crippen LogP contribution in [-0.2, 0) is 12.0 Å². The van der Waals surface area contributed by atoms with Crippen molar-refractivity contribution in [2.24, 2.45) is 0 Å². The number of methoxy groups -OCH3 is 1. The minimum atomic E-state index is -0.449. The summed E-state index contributed by atoms with van der Waals surface area (Å²) in [5.74, 6) is 0.558. The van der Waals surface area contributed by atoms with E-state index in [4.69, 9.17) is 9.26 Å². The maximum Gasteiger partial charge on any atom is 0.268 e. The molecule has 0 aliphatic carbocycles. The van der Waals surface area contributed by atoms with Crippen LogP contribution in [0.2, 0.25) is 0 Å². The van der Waals surface area contributed by atoms with Gasteiger partial charge in [-0.1, -0.05) is 25.9 Å². The van der Waals surface area contributed by atoms with Gasteiger partial charge in [-0.3, -0.25) is 9.59 Å². The second kappa shape index (κ2) is 6.00. The number of ether oxygens (including phenoxy) is 1. The monoisotopic (exact) mass is 306 g/mol. The predicted octanol–water partition coefficient (Wildman–Crippen LogP) is 0.994. The van der Waals surface area contributed by atoms with E-state index in [9.17, 15) is 9.59 Å². The molecule has 0 saturated heterocycles. The average Bonchev–Trinajstić information content (AvgIpc) is 2.93. The Bertz CT molecular complexity index is 727. The number of H-pyrrole nitrogens is 1. The highest BCUT2D eigenvalue weighted by atomic mass is 16.5. The van der Waals surface area contributed by atoms with Gasteiger partial charge in [0.1, 0.15) is 5.69 Å². The lowest BCUT2D eigenvalue weighted by molar-refractivity contribution is 0.0941. The van der Waals surface area contributed by atoms with E-state index in [0.717, 1.165) is 0 Å². The van der Waals surface area contributed by atoms with E-state index < -0.39 is 5.91 Å². The number of hydrogen-bond donors (Lipinski definition) is 2. The van der Waals surface area contributed by atoms with Crippen LogP contribution in [-0.4, -0.2) is 28.1 Å². The number of rotatable bonds is 4. The van der Waals surface area contributed by atoms with Gasteiger partial charge >= 0.3 is 0 Å². The van der Waals surface area contributed by atoms with Gasteiger partial charge in [0, 0.05) is 17.7 Å². The largest absolute Gasteiger partial charge is 0.491 e. The fourth-order valence-electron chi connectivity index (χ4n) is 1.63. The van der Waals surface area contributed by atoms with Gasteiger partial charge in [-0.2, -0.15) is 4.98 Å². The van der Waals surface area contributed by atoms with Gasteiger partial charge in [-0.15, -0.1) is 0 Å². The van der Waals surface area contributed by atoms with Crippen LogP contribution in [0, 0.1) is 0 Å². The van der Waals surface area contributed by atoms with Crippen LogP contribution in [0.15, 0.2) is 21.6 Å². The van der Waals surface area contributed by atoms with Gasteiger partial charge in [0.25, 0.3) is 5.91 Å². The number of pyridine rings is 1. The Hall–Kier alpha value is -2.64. The number of aromatic amines is 1. The Balaban J connectivity index is 2.02. The zero-order valence-corrected chi connectivity index (χ0v) is 12.9. The molecular formula is C14H18N4O4. The van der Waals surface area contributed by atoms with Crippen LogP contribution < -0.4 is 15.5 Å². The molecule has 0 aromatic carbocycles. The third-order valence-electron chi connectivity index (χ3n) is 2.88. The molecule has 2 rings (SSSR count). The first-order valence-corrected chi connectivity index (χ1v) is 6.69. The second-order valence-corrected chi connectivity index (χ2v) is 5.72. The molecule has 0 atom stereocenters. The highest BCUT2D eigenvalue weighted by Gasteiger charge is 2.21. The summed E-state index contributed by atoms with van der Waals surface area (Å²) in [5, 5.41) is 6.46. The summed E-state index contributed by atoms with van der Waals surface area (Å²) in [6.07, 6.45) is 1.33. The SMILES string of the molecule is COc1c[nH]c(C(=O)NCc2nc(C(C)(C)C)no2)cc1=O. The van der Waals surface area contributed by atoms with Crippen molar-refractivity contribution in [3.05, 3.63) is 39.9 Å². The molecule has 0 radical (unpaired) electrons. The first-order chi connectivity index (χ1) is 10.3. The smallest absolute Gasteiger partial charge is 0.268 e. The normalized spacial score (nSPS) is 11.3. The lowest BCUT2D eigenvalue weighted by Crippen LogP contribution is -2.25. The average molecular weight is 306 g/mol. The molecule has 0 aliphatic rings. The predicted molar refractivity (Wildman–Crippen MR) is 77.8 cm³/mol. The van der Waals surface area contributed by atoms with Gasteiger partial charge in [-0.05, 0) is 0 Å². The highest BCUT2D eigenvalue weighted by molar-refractivity contribution is 5.92. The lowest BCUT2D eigenvalue weighted by Gasteiger charge is -2.10. The maximum absolute atomic E-state index is 12.0. The van der Waals surface area contributed by atoms with Crippen molar-refractivity contribution >= 4 is 5.91 Å². The molecule has 8 nitrogen and oxygen atoms in total. The molecular weight excluding hydrogens is 288 g/mol. The third kappa shape index (κ3) is 3.51.